The number of carbonyl (C=O) groups excluding carboxylic acids is 1. The van der Waals surface area contributed by atoms with Crippen LogP contribution < -0.4 is 5.32 Å². The summed E-state index contributed by atoms with van der Waals surface area (Å²) in [6, 6.07) is 1.06. The molecule has 0 aromatic heterocycles. The number of amides is 1. The molecule has 1 saturated carbocycles. The molecule has 3 unspecified atom stereocenters. The van der Waals surface area contributed by atoms with Gasteiger partial charge in [-0.2, -0.15) is 0 Å². The lowest BCUT2D eigenvalue weighted by Gasteiger charge is -2.44. The van der Waals surface area contributed by atoms with Crippen molar-refractivity contribution in [2.75, 3.05) is 13.1 Å². The van der Waals surface area contributed by atoms with E-state index < -0.39 is 5.60 Å². The molecular weight excluding hydrogens is 252 g/mol. The topological polar surface area (TPSA) is 41.6 Å². The van der Waals surface area contributed by atoms with Gasteiger partial charge in [0.05, 0.1) is 0 Å². The molecule has 1 amide bonds. The standard InChI is InChI=1S/C16H30N2O2/c1-11-7-6-8-14(12(11)2)17-13-9-18(10-13)15(19)20-16(3,4)5/h11-14,17H,6-10H2,1-5H3. The normalized spacial score (nSPS) is 31.9. The van der Waals surface area contributed by atoms with Crippen LogP contribution >= 0.6 is 0 Å². The van der Waals surface area contributed by atoms with Gasteiger partial charge in [-0.3, -0.25) is 0 Å². The van der Waals surface area contributed by atoms with E-state index in [4.69, 9.17) is 4.74 Å². The van der Waals surface area contributed by atoms with Crippen molar-refractivity contribution < 1.29 is 9.53 Å². The van der Waals surface area contributed by atoms with Gasteiger partial charge < -0.3 is 15.0 Å². The largest absolute Gasteiger partial charge is 0.444 e. The van der Waals surface area contributed by atoms with Crippen molar-refractivity contribution in [3.63, 3.8) is 0 Å². The highest BCUT2D eigenvalue weighted by molar-refractivity contribution is 5.69. The zero-order chi connectivity index (χ0) is 14.9. The summed E-state index contributed by atoms with van der Waals surface area (Å²) in [6.45, 7) is 12.0. The molecule has 20 heavy (non-hydrogen) atoms. The Morgan fingerprint density at radius 2 is 1.85 bits per heavy atom. The Balaban J connectivity index is 1.72. The van der Waals surface area contributed by atoms with Gasteiger partial charge >= 0.3 is 6.09 Å². The van der Waals surface area contributed by atoms with E-state index >= 15 is 0 Å². The number of hydrogen-bond acceptors (Lipinski definition) is 3. The molecule has 1 N–H and O–H groups in total. The Kier molecular flexibility index (Phi) is 4.62. The van der Waals surface area contributed by atoms with Crippen molar-refractivity contribution in [3.05, 3.63) is 0 Å². The van der Waals surface area contributed by atoms with Crippen LogP contribution in [0.2, 0.25) is 0 Å². The minimum absolute atomic E-state index is 0.180. The van der Waals surface area contributed by atoms with Gasteiger partial charge in [-0.25, -0.2) is 4.79 Å². The lowest BCUT2D eigenvalue weighted by atomic mass is 9.77. The minimum atomic E-state index is -0.400. The van der Waals surface area contributed by atoms with Crippen molar-refractivity contribution in [3.8, 4) is 0 Å². The fourth-order valence-electron chi connectivity index (χ4n) is 3.18. The molecule has 1 heterocycles. The summed E-state index contributed by atoms with van der Waals surface area (Å²) in [5, 5.41) is 3.73. The second-order valence-corrected chi connectivity index (χ2v) is 7.62. The SMILES string of the molecule is CC1CCCC(NC2CN(C(=O)OC(C)(C)C)C2)C1C. The summed E-state index contributed by atoms with van der Waals surface area (Å²) in [4.78, 5) is 13.7. The van der Waals surface area contributed by atoms with Crippen molar-refractivity contribution in [1.82, 2.24) is 10.2 Å². The zero-order valence-corrected chi connectivity index (χ0v) is 13.6. The lowest BCUT2D eigenvalue weighted by Crippen LogP contribution is -2.63. The van der Waals surface area contributed by atoms with Crippen molar-refractivity contribution in [2.45, 2.75) is 71.6 Å². The first-order valence-electron chi connectivity index (χ1n) is 8.00. The van der Waals surface area contributed by atoms with Crippen LogP contribution in [0.5, 0.6) is 0 Å². The Morgan fingerprint density at radius 1 is 1.20 bits per heavy atom. The van der Waals surface area contributed by atoms with Gasteiger partial charge in [-0.15, -0.1) is 0 Å². The van der Waals surface area contributed by atoms with Crippen molar-refractivity contribution in [2.24, 2.45) is 11.8 Å². The van der Waals surface area contributed by atoms with Crippen LogP contribution in [0, 0.1) is 11.8 Å². The van der Waals surface area contributed by atoms with Gasteiger partial charge in [0.15, 0.2) is 0 Å². The number of rotatable bonds is 2. The predicted octanol–water partition coefficient (Wildman–Crippen LogP) is 3.02. The molecule has 116 valence electrons. The van der Waals surface area contributed by atoms with Gasteiger partial charge in [0.2, 0.25) is 0 Å². The Morgan fingerprint density at radius 3 is 2.45 bits per heavy atom. The molecule has 3 atom stereocenters. The molecule has 1 aliphatic heterocycles. The van der Waals surface area contributed by atoms with E-state index in [0.717, 1.165) is 24.9 Å². The summed E-state index contributed by atoms with van der Waals surface area (Å²) in [5.74, 6) is 1.54. The fourth-order valence-corrected chi connectivity index (χ4v) is 3.18. The highest BCUT2D eigenvalue weighted by Crippen LogP contribution is 2.30. The third kappa shape index (κ3) is 3.87. The summed E-state index contributed by atoms with van der Waals surface area (Å²) in [7, 11) is 0. The van der Waals surface area contributed by atoms with E-state index in [0.29, 0.717) is 12.1 Å². The number of ether oxygens (including phenoxy) is 1. The van der Waals surface area contributed by atoms with Crippen LogP contribution in [0.25, 0.3) is 0 Å². The second-order valence-electron chi connectivity index (χ2n) is 7.62. The van der Waals surface area contributed by atoms with Gasteiger partial charge in [0, 0.05) is 25.2 Å². The highest BCUT2D eigenvalue weighted by Gasteiger charge is 2.36. The van der Waals surface area contributed by atoms with Gasteiger partial charge in [0.25, 0.3) is 0 Å². The quantitative estimate of drug-likeness (QED) is 0.846. The maximum Gasteiger partial charge on any atom is 0.410 e. The number of nitrogens with zero attached hydrogens (tertiary/aromatic N) is 1. The fraction of sp³-hybridized carbons (Fsp3) is 0.938. The monoisotopic (exact) mass is 282 g/mol. The average molecular weight is 282 g/mol. The first-order valence-corrected chi connectivity index (χ1v) is 8.00. The molecule has 0 aromatic carbocycles. The molecule has 0 bridgehead atoms. The highest BCUT2D eigenvalue weighted by atomic mass is 16.6. The molecular formula is C16H30N2O2. The van der Waals surface area contributed by atoms with Crippen LogP contribution in [0.1, 0.15) is 53.9 Å². The summed E-state index contributed by atoms with van der Waals surface area (Å²) in [5.41, 5.74) is -0.400. The van der Waals surface area contributed by atoms with Gasteiger partial charge in [0.1, 0.15) is 5.60 Å². The minimum Gasteiger partial charge on any atom is -0.444 e. The molecule has 4 nitrogen and oxygen atoms in total. The third-order valence-electron chi connectivity index (χ3n) is 4.69. The van der Waals surface area contributed by atoms with Crippen LogP contribution in [-0.2, 0) is 4.74 Å². The average Bonchev–Trinajstić information content (AvgIpc) is 2.25. The molecule has 4 heteroatoms. The van der Waals surface area contributed by atoms with E-state index in [1.165, 1.54) is 19.3 Å². The smallest absolute Gasteiger partial charge is 0.410 e. The van der Waals surface area contributed by atoms with E-state index in [1.807, 2.05) is 20.8 Å². The van der Waals surface area contributed by atoms with Crippen molar-refractivity contribution in [1.29, 1.82) is 0 Å². The number of carbonyl (C=O) groups is 1. The van der Waals surface area contributed by atoms with Crippen LogP contribution in [0.3, 0.4) is 0 Å². The summed E-state index contributed by atoms with van der Waals surface area (Å²) >= 11 is 0. The van der Waals surface area contributed by atoms with E-state index in [2.05, 4.69) is 19.2 Å². The maximum atomic E-state index is 11.9. The van der Waals surface area contributed by atoms with Gasteiger partial charge in [-0.1, -0.05) is 26.7 Å². The number of nitrogens with one attached hydrogen (secondary N) is 1. The number of likely N-dealkylation sites (tertiary alicyclic amines) is 1. The first kappa shape index (κ1) is 15.6. The molecule has 2 aliphatic rings. The Labute approximate surface area is 123 Å². The Hall–Kier alpha value is -0.770. The van der Waals surface area contributed by atoms with Crippen LogP contribution in [0.4, 0.5) is 4.79 Å². The summed E-state index contributed by atoms with van der Waals surface area (Å²) in [6.07, 6.45) is 3.77. The molecule has 0 spiro atoms. The molecule has 2 rings (SSSR count). The first-order chi connectivity index (χ1) is 9.26. The molecule has 0 aromatic rings. The Bertz CT molecular complexity index is 345. The van der Waals surface area contributed by atoms with E-state index in [-0.39, 0.29) is 6.09 Å². The van der Waals surface area contributed by atoms with E-state index in [9.17, 15) is 4.79 Å². The molecule has 1 saturated heterocycles. The predicted molar refractivity (Wildman–Crippen MR) is 80.7 cm³/mol. The van der Waals surface area contributed by atoms with Crippen LogP contribution in [-0.4, -0.2) is 41.8 Å². The molecule has 2 fully saturated rings. The number of hydrogen-bond donors (Lipinski definition) is 1. The second kappa shape index (κ2) is 5.92. The molecule has 0 radical (unpaired) electrons. The summed E-state index contributed by atoms with van der Waals surface area (Å²) < 4.78 is 5.38. The zero-order valence-electron chi connectivity index (χ0n) is 13.6. The van der Waals surface area contributed by atoms with Gasteiger partial charge in [-0.05, 0) is 39.0 Å². The maximum absolute atomic E-state index is 11.9. The van der Waals surface area contributed by atoms with E-state index in [1.54, 1.807) is 4.90 Å². The third-order valence-corrected chi connectivity index (χ3v) is 4.69. The lowest BCUT2D eigenvalue weighted by molar-refractivity contribution is 0.00206. The molecule has 1 aliphatic carbocycles. The van der Waals surface area contributed by atoms with Crippen molar-refractivity contribution >= 4 is 6.09 Å². The van der Waals surface area contributed by atoms with Crippen LogP contribution in [0.15, 0.2) is 0 Å².